The lowest BCUT2D eigenvalue weighted by atomic mass is 9.96. The molecule has 1 N–H and O–H groups in total. The number of carboxylic acids is 1. The first-order valence-corrected chi connectivity index (χ1v) is 5.02. The number of carbonyl (C=O) groups is 1. The number of aliphatic carboxylic acids is 1. The zero-order valence-corrected chi connectivity index (χ0v) is 9.42. The Kier molecular flexibility index (Phi) is 4.95. The maximum absolute atomic E-state index is 11.2. The normalized spacial score (nSPS) is 12.7. The van der Waals surface area contributed by atoms with Gasteiger partial charge >= 0.3 is 5.97 Å². The highest BCUT2D eigenvalue weighted by atomic mass is 16.7. The average Bonchev–Trinajstić information content (AvgIpc) is 2.31. The first-order valence-electron chi connectivity index (χ1n) is 5.02. The second-order valence-corrected chi connectivity index (χ2v) is 3.44. The highest BCUT2D eigenvalue weighted by Crippen LogP contribution is 2.22. The van der Waals surface area contributed by atoms with E-state index in [0.29, 0.717) is 6.42 Å². The molecule has 0 aliphatic carbocycles. The third-order valence-corrected chi connectivity index (χ3v) is 2.45. The smallest absolute Gasteiger partial charge is 0.311 e. The molecule has 16 heavy (non-hydrogen) atoms. The van der Waals surface area contributed by atoms with Crippen LogP contribution < -0.4 is 0 Å². The summed E-state index contributed by atoms with van der Waals surface area (Å²) in [6.07, 6.45) is -0.201. The SMILES string of the molecule is COC(CC(C(=O)O)c1ccccc1)OC. The van der Waals surface area contributed by atoms with Gasteiger partial charge in [0.25, 0.3) is 0 Å². The predicted molar refractivity (Wildman–Crippen MR) is 59.2 cm³/mol. The van der Waals surface area contributed by atoms with Crippen LogP contribution in [0.2, 0.25) is 0 Å². The van der Waals surface area contributed by atoms with Crippen LogP contribution in [0.5, 0.6) is 0 Å². The molecule has 1 aromatic carbocycles. The summed E-state index contributed by atoms with van der Waals surface area (Å²) in [5, 5.41) is 9.16. The minimum atomic E-state index is -0.870. The van der Waals surface area contributed by atoms with E-state index in [4.69, 9.17) is 14.6 Å². The number of methoxy groups -OCH3 is 2. The lowest BCUT2D eigenvalue weighted by Gasteiger charge is -2.18. The minimum absolute atomic E-state index is 0.298. The molecule has 0 spiro atoms. The van der Waals surface area contributed by atoms with E-state index in [1.54, 1.807) is 12.1 Å². The van der Waals surface area contributed by atoms with Crippen LogP contribution in [0.15, 0.2) is 30.3 Å². The molecule has 0 heterocycles. The maximum atomic E-state index is 11.2. The van der Waals surface area contributed by atoms with Crippen molar-refractivity contribution in [3.8, 4) is 0 Å². The number of hydrogen-bond donors (Lipinski definition) is 1. The summed E-state index contributed by atoms with van der Waals surface area (Å²) in [5.41, 5.74) is 0.758. The Hall–Kier alpha value is -1.39. The molecule has 0 amide bonds. The standard InChI is InChI=1S/C12H16O4/c1-15-11(16-2)8-10(12(13)14)9-6-4-3-5-7-9/h3-7,10-11H,8H2,1-2H3,(H,13,14). The van der Waals surface area contributed by atoms with Gasteiger partial charge in [0, 0.05) is 20.6 Å². The van der Waals surface area contributed by atoms with Gasteiger partial charge in [-0.1, -0.05) is 30.3 Å². The van der Waals surface area contributed by atoms with Gasteiger partial charge in [-0.25, -0.2) is 0 Å². The fourth-order valence-electron chi connectivity index (χ4n) is 1.55. The number of ether oxygens (including phenoxy) is 2. The molecule has 0 fully saturated rings. The average molecular weight is 224 g/mol. The number of carboxylic acid groups (broad SMARTS) is 1. The lowest BCUT2D eigenvalue weighted by molar-refractivity contribution is -0.145. The van der Waals surface area contributed by atoms with Crippen LogP contribution in [-0.4, -0.2) is 31.6 Å². The fraction of sp³-hybridized carbons (Fsp3) is 0.417. The summed E-state index contributed by atoms with van der Waals surface area (Å²) in [4.78, 5) is 11.2. The quantitative estimate of drug-likeness (QED) is 0.749. The van der Waals surface area contributed by atoms with Crippen LogP contribution in [0.4, 0.5) is 0 Å². The molecule has 1 atom stereocenters. The molecule has 1 unspecified atom stereocenters. The van der Waals surface area contributed by atoms with Gasteiger partial charge in [-0.05, 0) is 5.56 Å². The van der Waals surface area contributed by atoms with Gasteiger partial charge in [0.2, 0.25) is 0 Å². The van der Waals surface area contributed by atoms with Gasteiger partial charge in [0.15, 0.2) is 6.29 Å². The lowest BCUT2D eigenvalue weighted by Crippen LogP contribution is -2.22. The molecule has 0 aliphatic rings. The van der Waals surface area contributed by atoms with Gasteiger partial charge in [-0.2, -0.15) is 0 Å². The Labute approximate surface area is 94.8 Å². The molecule has 0 aromatic heterocycles. The molecule has 0 bridgehead atoms. The Balaban J connectivity index is 2.80. The Morgan fingerprint density at radius 1 is 1.25 bits per heavy atom. The molecule has 1 rings (SSSR count). The second-order valence-electron chi connectivity index (χ2n) is 3.44. The monoisotopic (exact) mass is 224 g/mol. The van der Waals surface area contributed by atoms with Crippen LogP contribution in [-0.2, 0) is 14.3 Å². The highest BCUT2D eigenvalue weighted by molar-refractivity contribution is 5.76. The van der Waals surface area contributed by atoms with E-state index < -0.39 is 18.2 Å². The zero-order chi connectivity index (χ0) is 12.0. The number of hydrogen-bond acceptors (Lipinski definition) is 3. The summed E-state index contributed by atoms with van der Waals surface area (Å²) in [6, 6.07) is 9.08. The summed E-state index contributed by atoms with van der Waals surface area (Å²) in [5.74, 6) is -1.48. The summed E-state index contributed by atoms with van der Waals surface area (Å²) >= 11 is 0. The molecule has 1 aromatic rings. The highest BCUT2D eigenvalue weighted by Gasteiger charge is 2.23. The Morgan fingerprint density at radius 2 is 1.81 bits per heavy atom. The Morgan fingerprint density at radius 3 is 2.25 bits per heavy atom. The van der Waals surface area contributed by atoms with Crippen LogP contribution in [0.25, 0.3) is 0 Å². The molecule has 4 nitrogen and oxygen atoms in total. The van der Waals surface area contributed by atoms with Crippen molar-refractivity contribution in [1.82, 2.24) is 0 Å². The van der Waals surface area contributed by atoms with E-state index in [1.807, 2.05) is 18.2 Å². The summed E-state index contributed by atoms with van der Waals surface area (Å²) in [6.45, 7) is 0. The minimum Gasteiger partial charge on any atom is -0.481 e. The van der Waals surface area contributed by atoms with Crippen molar-refractivity contribution in [3.63, 3.8) is 0 Å². The third-order valence-electron chi connectivity index (χ3n) is 2.45. The van der Waals surface area contributed by atoms with E-state index in [-0.39, 0.29) is 0 Å². The Bertz CT molecular complexity index is 319. The molecular formula is C12H16O4. The maximum Gasteiger partial charge on any atom is 0.311 e. The van der Waals surface area contributed by atoms with Crippen LogP contribution >= 0.6 is 0 Å². The largest absolute Gasteiger partial charge is 0.481 e. The van der Waals surface area contributed by atoms with Gasteiger partial charge in [-0.3, -0.25) is 4.79 Å². The van der Waals surface area contributed by atoms with E-state index in [2.05, 4.69) is 0 Å². The van der Waals surface area contributed by atoms with Crippen molar-refractivity contribution in [3.05, 3.63) is 35.9 Å². The van der Waals surface area contributed by atoms with Gasteiger partial charge in [0.1, 0.15) is 0 Å². The van der Waals surface area contributed by atoms with E-state index in [9.17, 15) is 4.79 Å². The predicted octanol–water partition coefficient (Wildman–Crippen LogP) is 1.86. The van der Waals surface area contributed by atoms with Crippen molar-refractivity contribution in [2.45, 2.75) is 18.6 Å². The molecular weight excluding hydrogens is 208 g/mol. The van der Waals surface area contributed by atoms with Gasteiger partial charge in [0.05, 0.1) is 5.92 Å². The van der Waals surface area contributed by atoms with Crippen LogP contribution in [0.1, 0.15) is 17.9 Å². The van der Waals surface area contributed by atoms with Crippen LogP contribution in [0.3, 0.4) is 0 Å². The van der Waals surface area contributed by atoms with E-state index in [0.717, 1.165) is 5.56 Å². The van der Waals surface area contributed by atoms with Crippen molar-refractivity contribution in [2.75, 3.05) is 14.2 Å². The van der Waals surface area contributed by atoms with E-state index in [1.165, 1.54) is 14.2 Å². The van der Waals surface area contributed by atoms with E-state index >= 15 is 0 Å². The first kappa shape index (κ1) is 12.7. The molecule has 0 aliphatic heterocycles. The third kappa shape index (κ3) is 3.32. The van der Waals surface area contributed by atoms with Crippen molar-refractivity contribution < 1.29 is 19.4 Å². The fourth-order valence-corrected chi connectivity index (χ4v) is 1.55. The number of rotatable bonds is 6. The molecule has 4 heteroatoms. The van der Waals surface area contributed by atoms with Crippen molar-refractivity contribution >= 4 is 5.97 Å². The van der Waals surface area contributed by atoms with Crippen molar-refractivity contribution in [1.29, 1.82) is 0 Å². The topological polar surface area (TPSA) is 55.8 Å². The first-order chi connectivity index (χ1) is 7.69. The molecule has 0 radical (unpaired) electrons. The summed E-state index contributed by atoms with van der Waals surface area (Å²) < 4.78 is 10.0. The zero-order valence-electron chi connectivity index (χ0n) is 9.42. The molecule has 0 saturated heterocycles. The van der Waals surface area contributed by atoms with Crippen molar-refractivity contribution in [2.24, 2.45) is 0 Å². The summed E-state index contributed by atoms with van der Waals surface area (Å²) in [7, 11) is 3.00. The van der Waals surface area contributed by atoms with Gasteiger partial charge in [-0.15, -0.1) is 0 Å². The van der Waals surface area contributed by atoms with Crippen LogP contribution in [0, 0.1) is 0 Å². The molecule has 0 saturated carbocycles. The molecule has 88 valence electrons. The number of benzene rings is 1. The second kappa shape index (κ2) is 6.25. The van der Waals surface area contributed by atoms with Gasteiger partial charge < -0.3 is 14.6 Å².